The van der Waals surface area contributed by atoms with E-state index in [2.05, 4.69) is 15.9 Å². The fourth-order valence-electron chi connectivity index (χ4n) is 3.62. The second kappa shape index (κ2) is 6.61. The molecule has 0 spiro atoms. The van der Waals surface area contributed by atoms with Crippen LogP contribution in [0.3, 0.4) is 0 Å². The second-order valence-corrected chi connectivity index (χ2v) is 7.75. The zero-order valence-electron chi connectivity index (χ0n) is 12.0. The van der Waals surface area contributed by atoms with Gasteiger partial charge in [0, 0.05) is 29.4 Å². The van der Waals surface area contributed by atoms with Gasteiger partial charge < -0.3 is 4.90 Å². The fourth-order valence-corrected chi connectivity index (χ4v) is 5.12. The van der Waals surface area contributed by atoms with Gasteiger partial charge in [-0.2, -0.15) is 0 Å². The van der Waals surface area contributed by atoms with E-state index in [1.54, 1.807) is 0 Å². The lowest BCUT2D eigenvalue weighted by Gasteiger charge is -2.41. The highest BCUT2D eigenvalue weighted by Crippen LogP contribution is 2.34. The molecule has 2 aliphatic rings. The molecule has 114 valence electrons. The van der Waals surface area contributed by atoms with Gasteiger partial charge in [-0.1, -0.05) is 6.42 Å². The number of amides is 1. The summed E-state index contributed by atoms with van der Waals surface area (Å²) >= 11 is 4.94. The van der Waals surface area contributed by atoms with Crippen LogP contribution < -0.4 is 0 Å². The maximum atomic E-state index is 12.8. The van der Waals surface area contributed by atoms with Gasteiger partial charge in [0.25, 0.3) is 5.91 Å². The van der Waals surface area contributed by atoms with E-state index in [0.717, 1.165) is 54.4 Å². The van der Waals surface area contributed by atoms with Crippen LogP contribution in [0.2, 0.25) is 0 Å². The standard InChI is InChI=1S/C16H20BrNO2S/c17-12-8-10-21-15(12)16(20)18-9-4-3-6-13(18)11-5-1-2-7-14(11)19/h8,10-11,13H,1-7,9H2. The van der Waals surface area contributed by atoms with Crippen LogP contribution in [0.5, 0.6) is 0 Å². The summed E-state index contributed by atoms with van der Waals surface area (Å²) in [4.78, 5) is 27.9. The van der Waals surface area contributed by atoms with Gasteiger partial charge in [0.05, 0.1) is 0 Å². The van der Waals surface area contributed by atoms with Crippen molar-refractivity contribution < 1.29 is 9.59 Å². The monoisotopic (exact) mass is 369 g/mol. The summed E-state index contributed by atoms with van der Waals surface area (Å²) in [5, 5.41) is 1.93. The SMILES string of the molecule is O=C1CCCCC1C1CCCCN1C(=O)c1sccc1Br. The van der Waals surface area contributed by atoms with E-state index in [0.29, 0.717) is 12.2 Å². The quantitative estimate of drug-likeness (QED) is 0.780. The molecule has 0 radical (unpaired) electrons. The molecule has 1 aliphatic heterocycles. The third-order valence-electron chi connectivity index (χ3n) is 4.69. The van der Waals surface area contributed by atoms with Gasteiger partial charge in [-0.3, -0.25) is 9.59 Å². The summed E-state index contributed by atoms with van der Waals surface area (Å²) in [6.07, 6.45) is 6.95. The molecular formula is C16H20BrNO2S. The van der Waals surface area contributed by atoms with Crippen LogP contribution in [0.25, 0.3) is 0 Å². The molecular weight excluding hydrogens is 350 g/mol. The number of nitrogens with zero attached hydrogens (tertiary/aromatic N) is 1. The molecule has 1 saturated heterocycles. The number of carbonyl (C=O) groups is 2. The highest BCUT2D eigenvalue weighted by Gasteiger charge is 2.38. The first-order chi connectivity index (χ1) is 10.2. The maximum Gasteiger partial charge on any atom is 0.265 e. The first-order valence-electron chi connectivity index (χ1n) is 7.75. The lowest BCUT2D eigenvalue weighted by Crippen LogP contribution is -2.50. The van der Waals surface area contributed by atoms with Crippen molar-refractivity contribution in [2.75, 3.05) is 6.54 Å². The average molecular weight is 370 g/mol. The molecule has 1 aromatic rings. The average Bonchev–Trinajstić information content (AvgIpc) is 2.93. The number of thiophene rings is 1. The normalized spacial score (nSPS) is 26.9. The van der Waals surface area contributed by atoms with Crippen molar-refractivity contribution in [3.05, 3.63) is 20.8 Å². The highest BCUT2D eigenvalue weighted by atomic mass is 79.9. The van der Waals surface area contributed by atoms with Crippen molar-refractivity contribution >= 4 is 39.0 Å². The zero-order chi connectivity index (χ0) is 14.8. The van der Waals surface area contributed by atoms with Gasteiger partial charge in [-0.25, -0.2) is 0 Å². The van der Waals surface area contributed by atoms with Gasteiger partial charge in [-0.05, 0) is 59.5 Å². The molecule has 1 saturated carbocycles. The number of ketones is 1. The van der Waals surface area contributed by atoms with E-state index in [-0.39, 0.29) is 17.9 Å². The zero-order valence-corrected chi connectivity index (χ0v) is 14.4. The molecule has 0 N–H and O–H groups in total. The summed E-state index contributed by atoms with van der Waals surface area (Å²) in [6.45, 7) is 0.789. The predicted octanol–water partition coefficient (Wildman–Crippen LogP) is 4.26. The molecule has 1 aromatic heterocycles. The van der Waals surface area contributed by atoms with E-state index in [4.69, 9.17) is 0 Å². The van der Waals surface area contributed by atoms with Crippen molar-refractivity contribution in [2.24, 2.45) is 5.92 Å². The van der Waals surface area contributed by atoms with E-state index in [1.165, 1.54) is 11.3 Å². The van der Waals surface area contributed by atoms with Crippen LogP contribution >= 0.6 is 27.3 Å². The molecule has 21 heavy (non-hydrogen) atoms. The van der Waals surface area contributed by atoms with Crippen LogP contribution in [-0.2, 0) is 4.79 Å². The first-order valence-corrected chi connectivity index (χ1v) is 9.42. The third kappa shape index (κ3) is 3.09. The van der Waals surface area contributed by atoms with Crippen molar-refractivity contribution in [2.45, 2.75) is 51.0 Å². The Morgan fingerprint density at radius 3 is 2.76 bits per heavy atom. The smallest absolute Gasteiger partial charge is 0.265 e. The highest BCUT2D eigenvalue weighted by molar-refractivity contribution is 9.10. The first kappa shape index (κ1) is 15.2. The number of halogens is 1. The fraction of sp³-hybridized carbons (Fsp3) is 0.625. The molecule has 3 rings (SSSR count). The van der Waals surface area contributed by atoms with Crippen LogP contribution in [0.1, 0.15) is 54.6 Å². The molecule has 2 atom stereocenters. The van der Waals surface area contributed by atoms with Gasteiger partial charge in [-0.15, -0.1) is 11.3 Å². The van der Waals surface area contributed by atoms with Crippen LogP contribution in [-0.4, -0.2) is 29.2 Å². The topological polar surface area (TPSA) is 37.4 Å². The van der Waals surface area contributed by atoms with Crippen molar-refractivity contribution in [3.63, 3.8) is 0 Å². The Labute approximate surface area is 137 Å². The molecule has 2 unspecified atom stereocenters. The van der Waals surface area contributed by atoms with E-state index < -0.39 is 0 Å². The molecule has 2 fully saturated rings. The third-order valence-corrected chi connectivity index (χ3v) is 6.51. The van der Waals surface area contributed by atoms with Gasteiger partial charge >= 0.3 is 0 Å². The molecule has 2 heterocycles. The predicted molar refractivity (Wildman–Crippen MR) is 87.7 cm³/mol. The maximum absolute atomic E-state index is 12.8. The number of carbonyl (C=O) groups excluding carboxylic acids is 2. The molecule has 0 aromatic carbocycles. The minimum Gasteiger partial charge on any atom is -0.334 e. The molecule has 1 aliphatic carbocycles. The van der Waals surface area contributed by atoms with Crippen LogP contribution in [0.15, 0.2) is 15.9 Å². The minimum absolute atomic E-state index is 0.0711. The lowest BCUT2D eigenvalue weighted by atomic mass is 9.79. The number of hydrogen-bond acceptors (Lipinski definition) is 3. The van der Waals surface area contributed by atoms with E-state index in [9.17, 15) is 9.59 Å². The molecule has 3 nitrogen and oxygen atoms in total. The van der Waals surface area contributed by atoms with Crippen LogP contribution in [0, 0.1) is 5.92 Å². The van der Waals surface area contributed by atoms with Crippen molar-refractivity contribution in [1.29, 1.82) is 0 Å². The lowest BCUT2D eigenvalue weighted by molar-refractivity contribution is -0.127. The summed E-state index contributed by atoms with van der Waals surface area (Å²) in [5.74, 6) is 0.540. The Morgan fingerprint density at radius 1 is 1.24 bits per heavy atom. The second-order valence-electron chi connectivity index (χ2n) is 5.98. The summed E-state index contributed by atoms with van der Waals surface area (Å²) in [5.41, 5.74) is 0. The Kier molecular flexibility index (Phi) is 4.79. The van der Waals surface area contributed by atoms with Crippen molar-refractivity contribution in [3.8, 4) is 0 Å². The Hall–Kier alpha value is -0.680. The van der Waals surface area contributed by atoms with E-state index in [1.807, 2.05) is 16.3 Å². The van der Waals surface area contributed by atoms with Gasteiger partial charge in [0.1, 0.15) is 10.7 Å². The van der Waals surface area contributed by atoms with Gasteiger partial charge in [0.15, 0.2) is 0 Å². The molecule has 5 heteroatoms. The number of rotatable bonds is 2. The number of hydrogen-bond donors (Lipinski definition) is 0. The Balaban J connectivity index is 1.82. The largest absolute Gasteiger partial charge is 0.334 e. The number of piperidine rings is 1. The molecule has 1 amide bonds. The Bertz CT molecular complexity index is 542. The summed E-state index contributed by atoms with van der Waals surface area (Å²) in [6, 6.07) is 2.04. The Morgan fingerprint density at radius 2 is 2.05 bits per heavy atom. The summed E-state index contributed by atoms with van der Waals surface area (Å²) in [7, 11) is 0. The number of likely N-dealkylation sites (tertiary alicyclic amines) is 1. The minimum atomic E-state index is 0.0711. The number of Topliss-reactive ketones (excluding diaryl/α,β-unsaturated/α-hetero) is 1. The molecule has 0 bridgehead atoms. The van der Waals surface area contributed by atoms with Crippen molar-refractivity contribution in [1.82, 2.24) is 4.90 Å². The summed E-state index contributed by atoms with van der Waals surface area (Å²) < 4.78 is 0.872. The van der Waals surface area contributed by atoms with Gasteiger partial charge in [0.2, 0.25) is 0 Å². The van der Waals surface area contributed by atoms with Crippen LogP contribution in [0.4, 0.5) is 0 Å². The van der Waals surface area contributed by atoms with E-state index >= 15 is 0 Å².